The number of hydrogen-bond acceptors (Lipinski definition) is 4. The van der Waals surface area contributed by atoms with Crippen LogP contribution in [0.4, 0.5) is 0 Å². The summed E-state index contributed by atoms with van der Waals surface area (Å²) in [6, 6.07) is 14.2. The summed E-state index contributed by atoms with van der Waals surface area (Å²) in [6.45, 7) is 3.99. The Kier molecular flexibility index (Phi) is 8.93. The molecule has 1 aliphatic rings. The van der Waals surface area contributed by atoms with Crippen molar-refractivity contribution < 1.29 is 4.74 Å². The van der Waals surface area contributed by atoms with E-state index in [4.69, 9.17) is 9.73 Å². The molecular formula is C23H31IN6O. The molecule has 166 valence electrons. The molecule has 2 N–H and O–H groups in total. The minimum atomic E-state index is 0. The van der Waals surface area contributed by atoms with E-state index in [1.54, 1.807) is 0 Å². The second-order valence-electron chi connectivity index (χ2n) is 7.62. The van der Waals surface area contributed by atoms with Gasteiger partial charge in [0, 0.05) is 12.7 Å². The topological polar surface area (TPSA) is 75.8 Å². The van der Waals surface area contributed by atoms with E-state index < -0.39 is 0 Å². The zero-order chi connectivity index (χ0) is 20.6. The number of aliphatic imine (C=N–C) groups is 1. The molecule has 1 aromatic carbocycles. The third-order valence-electron chi connectivity index (χ3n) is 5.34. The van der Waals surface area contributed by atoms with Gasteiger partial charge in [0.1, 0.15) is 5.75 Å². The van der Waals surface area contributed by atoms with Gasteiger partial charge in [0.05, 0.1) is 19.2 Å². The molecule has 7 nitrogen and oxygen atoms in total. The van der Waals surface area contributed by atoms with Crippen LogP contribution in [0, 0.1) is 0 Å². The van der Waals surface area contributed by atoms with Gasteiger partial charge in [-0.05, 0) is 62.4 Å². The average Bonchev–Trinajstić information content (AvgIpc) is 3.20. The van der Waals surface area contributed by atoms with E-state index in [1.807, 2.05) is 28.8 Å². The fraction of sp³-hybridized carbons (Fsp3) is 0.435. The highest BCUT2D eigenvalue weighted by Gasteiger charge is 2.14. The van der Waals surface area contributed by atoms with Crippen LogP contribution >= 0.6 is 24.0 Å². The molecule has 1 saturated carbocycles. The van der Waals surface area contributed by atoms with Crippen molar-refractivity contribution in [2.45, 2.75) is 58.2 Å². The van der Waals surface area contributed by atoms with E-state index in [9.17, 15) is 0 Å². The number of hydrogen-bond donors (Lipinski definition) is 2. The second kappa shape index (κ2) is 11.9. The van der Waals surface area contributed by atoms with Gasteiger partial charge in [-0.25, -0.2) is 4.99 Å². The van der Waals surface area contributed by atoms with Gasteiger partial charge in [-0.3, -0.25) is 4.40 Å². The third kappa shape index (κ3) is 6.56. The summed E-state index contributed by atoms with van der Waals surface area (Å²) in [5.74, 6) is 2.56. The maximum Gasteiger partial charge on any atom is 0.191 e. The minimum absolute atomic E-state index is 0. The Morgan fingerprint density at radius 1 is 1.06 bits per heavy atom. The van der Waals surface area contributed by atoms with Crippen molar-refractivity contribution in [3.8, 4) is 5.75 Å². The highest BCUT2D eigenvalue weighted by atomic mass is 127. The molecule has 0 amide bonds. The monoisotopic (exact) mass is 534 g/mol. The van der Waals surface area contributed by atoms with Gasteiger partial charge < -0.3 is 15.4 Å². The number of ether oxygens (including phenoxy) is 1. The molecule has 4 rings (SSSR count). The molecule has 2 heterocycles. The minimum Gasteiger partial charge on any atom is -0.490 e. The fourth-order valence-corrected chi connectivity index (χ4v) is 3.74. The number of nitrogens with zero attached hydrogens (tertiary/aromatic N) is 4. The third-order valence-corrected chi connectivity index (χ3v) is 5.34. The van der Waals surface area contributed by atoms with E-state index in [-0.39, 0.29) is 24.0 Å². The van der Waals surface area contributed by atoms with Crippen LogP contribution in [0.5, 0.6) is 5.75 Å². The van der Waals surface area contributed by atoms with Crippen molar-refractivity contribution in [1.29, 1.82) is 0 Å². The Morgan fingerprint density at radius 2 is 1.87 bits per heavy atom. The summed E-state index contributed by atoms with van der Waals surface area (Å²) in [5, 5.41) is 15.1. The van der Waals surface area contributed by atoms with Gasteiger partial charge >= 0.3 is 0 Å². The standard InChI is InChI=1S/C23H30N6O.HI/c1-2-24-23(26-17-22-28-27-21-10-6-7-15-29(21)22)25-16-18-11-13-20(14-12-18)30-19-8-4-3-5-9-19;/h6-7,10-15,19H,2-5,8-9,16-17H2,1H3,(H2,24,25,26);1H. The molecule has 0 radical (unpaired) electrons. The highest BCUT2D eigenvalue weighted by molar-refractivity contribution is 14.0. The smallest absolute Gasteiger partial charge is 0.191 e. The van der Waals surface area contributed by atoms with Gasteiger partial charge in [0.2, 0.25) is 0 Å². The van der Waals surface area contributed by atoms with Crippen molar-refractivity contribution in [2.75, 3.05) is 6.54 Å². The summed E-state index contributed by atoms with van der Waals surface area (Å²) in [4.78, 5) is 4.70. The zero-order valence-electron chi connectivity index (χ0n) is 18.0. The van der Waals surface area contributed by atoms with Gasteiger partial charge in [-0.2, -0.15) is 0 Å². The average molecular weight is 534 g/mol. The number of pyridine rings is 1. The molecule has 0 aliphatic heterocycles. The number of halogens is 1. The van der Waals surface area contributed by atoms with E-state index in [2.05, 4.69) is 52.0 Å². The number of aromatic nitrogens is 3. The first-order valence-electron chi connectivity index (χ1n) is 10.9. The molecule has 1 fully saturated rings. The number of benzene rings is 1. The van der Waals surface area contributed by atoms with E-state index in [1.165, 1.54) is 32.1 Å². The van der Waals surface area contributed by atoms with E-state index in [0.29, 0.717) is 19.2 Å². The number of guanidine groups is 1. The molecule has 1 aliphatic carbocycles. The van der Waals surface area contributed by atoms with Gasteiger partial charge in [0.25, 0.3) is 0 Å². The van der Waals surface area contributed by atoms with Crippen LogP contribution in [0.3, 0.4) is 0 Å². The molecule has 0 unspecified atom stereocenters. The van der Waals surface area contributed by atoms with Crippen molar-refractivity contribution >= 4 is 35.6 Å². The predicted octanol–water partition coefficient (Wildman–Crippen LogP) is 4.31. The Balaban J connectivity index is 0.00000272. The van der Waals surface area contributed by atoms with Crippen LogP contribution in [-0.2, 0) is 13.1 Å². The highest BCUT2D eigenvalue weighted by Crippen LogP contribution is 2.23. The van der Waals surface area contributed by atoms with Crippen molar-refractivity contribution in [2.24, 2.45) is 4.99 Å². The van der Waals surface area contributed by atoms with Crippen LogP contribution < -0.4 is 15.4 Å². The number of fused-ring (bicyclic) bond motifs is 1. The SMILES string of the molecule is CCNC(=NCc1ccc(OC2CCCCC2)cc1)NCc1nnc2ccccn12.I. The lowest BCUT2D eigenvalue weighted by Crippen LogP contribution is -2.37. The first kappa shape index (κ1) is 23.3. The molecule has 0 bridgehead atoms. The second-order valence-corrected chi connectivity index (χ2v) is 7.62. The maximum atomic E-state index is 6.11. The van der Waals surface area contributed by atoms with Crippen LogP contribution in [0.15, 0.2) is 53.7 Å². The Morgan fingerprint density at radius 3 is 2.65 bits per heavy atom. The molecule has 8 heteroatoms. The Hall–Kier alpha value is -2.36. The Labute approximate surface area is 200 Å². The molecule has 0 atom stereocenters. The summed E-state index contributed by atoms with van der Waals surface area (Å²) in [7, 11) is 0. The first-order chi connectivity index (χ1) is 14.8. The fourth-order valence-electron chi connectivity index (χ4n) is 3.74. The lowest BCUT2D eigenvalue weighted by Gasteiger charge is -2.23. The van der Waals surface area contributed by atoms with Gasteiger partial charge in [0.15, 0.2) is 17.4 Å². The molecular weight excluding hydrogens is 503 g/mol. The molecule has 0 saturated heterocycles. The molecule has 3 aromatic rings. The zero-order valence-corrected chi connectivity index (χ0v) is 20.3. The largest absolute Gasteiger partial charge is 0.490 e. The number of nitrogens with one attached hydrogen (secondary N) is 2. The predicted molar refractivity (Wildman–Crippen MR) is 134 cm³/mol. The van der Waals surface area contributed by atoms with Gasteiger partial charge in [-0.15, -0.1) is 34.2 Å². The van der Waals surface area contributed by atoms with Crippen molar-refractivity contribution in [1.82, 2.24) is 25.2 Å². The number of rotatable bonds is 7. The van der Waals surface area contributed by atoms with Crippen LogP contribution in [-0.4, -0.2) is 33.2 Å². The summed E-state index contributed by atoms with van der Waals surface area (Å²) in [5.41, 5.74) is 1.99. The molecule has 2 aromatic heterocycles. The normalized spacial score (nSPS) is 14.8. The first-order valence-corrected chi connectivity index (χ1v) is 10.9. The van der Waals surface area contributed by atoms with Crippen LogP contribution in [0.1, 0.15) is 50.4 Å². The van der Waals surface area contributed by atoms with Gasteiger partial charge in [-0.1, -0.05) is 24.6 Å². The lowest BCUT2D eigenvalue weighted by molar-refractivity contribution is 0.155. The maximum absolute atomic E-state index is 6.11. The van der Waals surface area contributed by atoms with E-state index in [0.717, 1.165) is 35.3 Å². The molecule has 0 spiro atoms. The lowest BCUT2D eigenvalue weighted by atomic mass is 9.98. The molecule has 31 heavy (non-hydrogen) atoms. The summed E-state index contributed by atoms with van der Waals surface area (Å²) >= 11 is 0. The quantitative estimate of drug-likeness (QED) is 0.269. The van der Waals surface area contributed by atoms with Crippen LogP contribution in [0.25, 0.3) is 5.65 Å². The van der Waals surface area contributed by atoms with E-state index >= 15 is 0 Å². The summed E-state index contributed by atoms with van der Waals surface area (Å²) in [6.07, 6.45) is 8.58. The van der Waals surface area contributed by atoms with Crippen molar-refractivity contribution in [3.63, 3.8) is 0 Å². The summed E-state index contributed by atoms with van der Waals surface area (Å²) < 4.78 is 8.09. The van der Waals surface area contributed by atoms with Crippen LogP contribution in [0.2, 0.25) is 0 Å². The van der Waals surface area contributed by atoms with Crippen molar-refractivity contribution in [3.05, 3.63) is 60.0 Å². The Bertz CT molecular complexity index is 966.